The lowest BCUT2D eigenvalue weighted by Crippen LogP contribution is -2.21. The van der Waals surface area contributed by atoms with Gasteiger partial charge in [0, 0.05) is 6.42 Å². The van der Waals surface area contributed by atoms with Crippen molar-refractivity contribution in [2.24, 2.45) is 4.99 Å². The molecule has 0 unspecified atom stereocenters. The van der Waals surface area contributed by atoms with E-state index in [1.165, 1.54) is 11.8 Å². The van der Waals surface area contributed by atoms with Gasteiger partial charge in [-0.3, -0.25) is 9.59 Å². The summed E-state index contributed by atoms with van der Waals surface area (Å²) in [5, 5.41) is 3.27. The first-order valence-electron chi connectivity index (χ1n) is 7.72. The Morgan fingerprint density at radius 3 is 2.69 bits per heavy atom. The Balaban J connectivity index is 1.52. The van der Waals surface area contributed by atoms with Crippen LogP contribution in [0.4, 0.5) is 5.69 Å². The van der Waals surface area contributed by atoms with Crippen LogP contribution in [0, 0.1) is 0 Å². The fourth-order valence-corrected chi connectivity index (χ4v) is 3.60. The number of carbonyl (C=O) groups excluding carboxylic acids is 2. The molecule has 0 radical (unpaired) electrons. The number of benzene rings is 2. The lowest BCUT2D eigenvalue weighted by atomic mass is 10.2. The van der Waals surface area contributed by atoms with Gasteiger partial charge >= 0.3 is 0 Å². The summed E-state index contributed by atoms with van der Waals surface area (Å²) >= 11 is 13.2. The molecule has 3 rings (SSSR count). The van der Waals surface area contributed by atoms with Crippen molar-refractivity contribution in [3.05, 3.63) is 58.6 Å². The zero-order chi connectivity index (χ0) is 18.5. The Hall–Kier alpha value is -2.02. The molecule has 0 aromatic heterocycles. The smallest absolute Gasteiger partial charge is 0.260 e. The van der Waals surface area contributed by atoms with E-state index >= 15 is 0 Å². The topological polar surface area (TPSA) is 67.8 Å². The van der Waals surface area contributed by atoms with Crippen LogP contribution in [0.1, 0.15) is 6.42 Å². The molecule has 2 aromatic rings. The van der Waals surface area contributed by atoms with Crippen LogP contribution in [-0.2, 0) is 9.59 Å². The molecular formula is C18H14Cl2N2O3S. The lowest BCUT2D eigenvalue weighted by molar-refractivity contribution is -0.121. The molecule has 2 aromatic carbocycles. The third-order valence-electron chi connectivity index (χ3n) is 3.49. The molecule has 26 heavy (non-hydrogen) atoms. The number of para-hydroxylation sites is 1. The maximum atomic E-state index is 12.2. The van der Waals surface area contributed by atoms with E-state index < -0.39 is 5.25 Å². The van der Waals surface area contributed by atoms with Gasteiger partial charge in [-0.15, -0.1) is 0 Å². The molecule has 5 nitrogen and oxygen atoms in total. The number of hydrogen-bond acceptors (Lipinski definition) is 4. The molecule has 0 aliphatic carbocycles. The quantitative estimate of drug-likeness (QED) is 0.766. The van der Waals surface area contributed by atoms with Gasteiger partial charge in [-0.1, -0.05) is 59.2 Å². The number of thioether (sulfide) groups is 1. The summed E-state index contributed by atoms with van der Waals surface area (Å²) in [6, 6.07) is 14.2. The van der Waals surface area contributed by atoms with E-state index in [-0.39, 0.29) is 29.9 Å². The van der Waals surface area contributed by atoms with Crippen LogP contribution in [0.3, 0.4) is 0 Å². The number of aliphatic imine (C=N–C) groups is 1. The molecule has 0 fully saturated rings. The molecule has 0 saturated carbocycles. The Morgan fingerprint density at radius 1 is 1.15 bits per heavy atom. The van der Waals surface area contributed by atoms with Crippen molar-refractivity contribution in [3.8, 4) is 5.75 Å². The summed E-state index contributed by atoms with van der Waals surface area (Å²) in [5.41, 5.74) is 0.410. The summed E-state index contributed by atoms with van der Waals surface area (Å²) in [6.07, 6.45) is -0.00925. The zero-order valence-electron chi connectivity index (χ0n) is 13.4. The van der Waals surface area contributed by atoms with Gasteiger partial charge < -0.3 is 10.1 Å². The first-order chi connectivity index (χ1) is 12.5. The second kappa shape index (κ2) is 8.58. The minimum Gasteiger partial charge on any atom is -0.487 e. The Morgan fingerprint density at radius 2 is 1.92 bits per heavy atom. The lowest BCUT2D eigenvalue weighted by Gasteiger charge is -2.10. The summed E-state index contributed by atoms with van der Waals surface area (Å²) < 4.78 is 5.58. The largest absolute Gasteiger partial charge is 0.487 e. The van der Waals surface area contributed by atoms with Gasteiger partial charge in [-0.25, -0.2) is 4.99 Å². The molecule has 134 valence electrons. The van der Waals surface area contributed by atoms with Crippen LogP contribution in [-0.4, -0.2) is 28.7 Å². The number of hydrogen-bond donors (Lipinski definition) is 1. The second-order valence-electron chi connectivity index (χ2n) is 5.41. The van der Waals surface area contributed by atoms with E-state index in [2.05, 4.69) is 10.3 Å². The number of amides is 2. The van der Waals surface area contributed by atoms with Crippen LogP contribution in [0.5, 0.6) is 5.75 Å². The monoisotopic (exact) mass is 408 g/mol. The van der Waals surface area contributed by atoms with Crippen molar-refractivity contribution in [1.82, 2.24) is 0 Å². The minimum absolute atomic E-state index is 0.00925. The standard InChI is InChI=1S/C18H14Cl2N2O3S/c19-12-7-4-8-13(17(12)20)21-15(23)9-14-18(24)22-16(26-14)10-25-11-5-2-1-3-6-11/h1-8,14H,9-10H2,(H,21,23)/t14-/m0/s1. The molecule has 0 saturated heterocycles. The number of rotatable bonds is 6. The minimum atomic E-state index is -0.567. The second-order valence-corrected chi connectivity index (χ2v) is 7.47. The molecule has 8 heteroatoms. The van der Waals surface area contributed by atoms with Crippen molar-refractivity contribution < 1.29 is 14.3 Å². The van der Waals surface area contributed by atoms with Gasteiger partial charge in [0.1, 0.15) is 22.7 Å². The van der Waals surface area contributed by atoms with Gasteiger partial charge in [-0.2, -0.15) is 0 Å². The Kier molecular flexibility index (Phi) is 6.19. The van der Waals surface area contributed by atoms with Crippen molar-refractivity contribution in [1.29, 1.82) is 0 Å². The third-order valence-corrected chi connectivity index (χ3v) is 5.44. The van der Waals surface area contributed by atoms with Gasteiger partial charge in [0.05, 0.1) is 15.7 Å². The molecule has 2 amide bonds. The summed E-state index contributed by atoms with van der Waals surface area (Å²) in [4.78, 5) is 28.2. The Labute approximate surface area is 164 Å². The highest BCUT2D eigenvalue weighted by Crippen LogP contribution is 2.31. The number of halogens is 2. The predicted octanol–water partition coefficient (Wildman–Crippen LogP) is 4.44. The van der Waals surface area contributed by atoms with Crippen LogP contribution in [0.25, 0.3) is 0 Å². The molecule has 1 aliphatic heterocycles. The normalized spacial score (nSPS) is 16.3. The van der Waals surface area contributed by atoms with E-state index in [9.17, 15) is 9.59 Å². The number of anilines is 1. The fourth-order valence-electron chi connectivity index (χ4n) is 2.26. The van der Waals surface area contributed by atoms with Gasteiger partial charge in [-0.05, 0) is 24.3 Å². The molecule has 1 aliphatic rings. The number of nitrogens with zero attached hydrogens (tertiary/aromatic N) is 1. The van der Waals surface area contributed by atoms with E-state index in [1.54, 1.807) is 18.2 Å². The summed E-state index contributed by atoms with van der Waals surface area (Å²) in [6.45, 7) is 0.193. The van der Waals surface area contributed by atoms with Crippen molar-refractivity contribution in [2.75, 3.05) is 11.9 Å². The number of nitrogens with one attached hydrogen (secondary N) is 1. The van der Waals surface area contributed by atoms with Gasteiger partial charge in [0.15, 0.2) is 0 Å². The highest BCUT2D eigenvalue weighted by atomic mass is 35.5. The molecule has 1 N–H and O–H groups in total. The summed E-state index contributed by atoms with van der Waals surface area (Å²) in [7, 11) is 0. The molecule has 1 heterocycles. The van der Waals surface area contributed by atoms with Crippen LogP contribution >= 0.6 is 35.0 Å². The van der Waals surface area contributed by atoms with Crippen LogP contribution in [0.2, 0.25) is 10.0 Å². The van der Waals surface area contributed by atoms with Gasteiger partial charge in [0.25, 0.3) is 5.91 Å². The SMILES string of the molecule is O=C(C[C@@H]1SC(COc2ccccc2)=NC1=O)Nc1cccc(Cl)c1Cl. The third kappa shape index (κ3) is 4.78. The number of ether oxygens (including phenoxy) is 1. The number of carbonyl (C=O) groups is 2. The summed E-state index contributed by atoms with van der Waals surface area (Å²) in [5.74, 6) is 0.0227. The molecule has 1 atom stereocenters. The molecular weight excluding hydrogens is 395 g/mol. The van der Waals surface area contributed by atoms with Crippen molar-refractivity contribution in [3.63, 3.8) is 0 Å². The van der Waals surface area contributed by atoms with E-state index in [4.69, 9.17) is 27.9 Å². The fraction of sp³-hybridized carbons (Fsp3) is 0.167. The average Bonchev–Trinajstić information content (AvgIpc) is 2.97. The molecule has 0 spiro atoms. The van der Waals surface area contributed by atoms with Gasteiger partial charge in [0.2, 0.25) is 5.91 Å². The van der Waals surface area contributed by atoms with Crippen molar-refractivity contribution in [2.45, 2.75) is 11.7 Å². The predicted molar refractivity (Wildman–Crippen MR) is 105 cm³/mol. The van der Waals surface area contributed by atoms with E-state index in [1.807, 2.05) is 30.3 Å². The van der Waals surface area contributed by atoms with E-state index in [0.717, 1.165) is 0 Å². The highest BCUT2D eigenvalue weighted by Gasteiger charge is 2.30. The Bertz CT molecular complexity index is 859. The first-order valence-corrected chi connectivity index (χ1v) is 9.36. The first kappa shape index (κ1) is 18.8. The van der Waals surface area contributed by atoms with Crippen LogP contribution in [0.15, 0.2) is 53.5 Å². The van der Waals surface area contributed by atoms with E-state index in [0.29, 0.717) is 21.5 Å². The molecule has 0 bridgehead atoms. The maximum absolute atomic E-state index is 12.2. The maximum Gasteiger partial charge on any atom is 0.260 e. The van der Waals surface area contributed by atoms with Crippen LogP contribution < -0.4 is 10.1 Å². The highest BCUT2D eigenvalue weighted by molar-refractivity contribution is 8.15. The van der Waals surface area contributed by atoms with Crippen molar-refractivity contribution >= 4 is 57.5 Å². The average molecular weight is 409 g/mol. The zero-order valence-corrected chi connectivity index (χ0v) is 15.8.